The zero-order chi connectivity index (χ0) is 34.2. The van der Waals surface area contributed by atoms with Crippen molar-refractivity contribution in [1.29, 1.82) is 0 Å². The molecule has 0 N–H and O–H groups in total. The predicted molar refractivity (Wildman–Crippen MR) is 221 cm³/mol. The topological polar surface area (TPSA) is 9.86 Å². The molecule has 52 heavy (non-hydrogen) atoms. The van der Waals surface area contributed by atoms with E-state index in [1.807, 2.05) is 0 Å². The molecule has 9 aromatic carbocycles. The molecule has 0 atom stereocenters. The van der Waals surface area contributed by atoms with Crippen LogP contribution in [0.15, 0.2) is 194 Å². The Labute approximate surface area is 301 Å². The van der Waals surface area contributed by atoms with Crippen LogP contribution in [-0.4, -0.2) is 9.13 Å². The summed E-state index contributed by atoms with van der Waals surface area (Å²) in [4.78, 5) is 0. The van der Waals surface area contributed by atoms with E-state index in [1.54, 1.807) is 0 Å². The molecule has 2 heterocycles. The number of aromatic nitrogens is 2. The summed E-state index contributed by atoms with van der Waals surface area (Å²) in [5, 5.41) is 10.2. The fourth-order valence-electron chi connectivity index (χ4n) is 8.53. The van der Waals surface area contributed by atoms with Crippen LogP contribution in [0.1, 0.15) is 0 Å². The Hall–Kier alpha value is -6.90. The zero-order valence-electron chi connectivity index (χ0n) is 28.4. The summed E-state index contributed by atoms with van der Waals surface area (Å²) in [5.41, 5.74) is 12.0. The molecule has 11 aromatic rings. The van der Waals surface area contributed by atoms with Gasteiger partial charge in [0.15, 0.2) is 0 Å². The molecule has 0 aliphatic carbocycles. The number of fused-ring (bicyclic) bond motifs is 10. The van der Waals surface area contributed by atoms with Gasteiger partial charge in [-0.25, -0.2) is 0 Å². The van der Waals surface area contributed by atoms with Gasteiger partial charge in [-0.05, 0) is 111 Å². The van der Waals surface area contributed by atoms with E-state index in [0.29, 0.717) is 0 Å². The fourth-order valence-corrected chi connectivity index (χ4v) is 8.53. The number of rotatable bonds is 4. The maximum Gasteiger partial charge on any atom is 0.0547 e. The Bertz CT molecular complexity index is 2950. The van der Waals surface area contributed by atoms with Gasteiger partial charge in [0.2, 0.25) is 0 Å². The lowest BCUT2D eigenvalue weighted by molar-refractivity contribution is 1.18. The average Bonchev–Trinajstić information content (AvgIpc) is 3.74. The van der Waals surface area contributed by atoms with Gasteiger partial charge in [0.1, 0.15) is 0 Å². The van der Waals surface area contributed by atoms with Gasteiger partial charge >= 0.3 is 0 Å². The number of benzene rings is 9. The highest BCUT2D eigenvalue weighted by molar-refractivity contribution is 6.23. The van der Waals surface area contributed by atoms with Gasteiger partial charge in [-0.1, -0.05) is 127 Å². The second-order valence-corrected chi connectivity index (χ2v) is 13.7. The van der Waals surface area contributed by atoms with Crippen LogP contribution >= 0.6 is 0 Å². The number of nitrogens with zero attached hydrogens (tertiary/aromatic N) is 2. The van der Waals surface area contributed by atoms with Crippen LogP contribution in [0, 0.1) is 0 Å². The summed E-state index contributed by atoms with van der Waals surface area (Å²) < 4.78 is 4.81. The first-order chi connectivity index (χ1) is 25.8. The minimum atomic E-state index is 1.17. The van der Waals surface area contributed by atoms with Crippen molar-refractivity contribution in [1.82, 2.24) is 9.13 Å². The first-order valence-corrected chi connectivity index (χ1v) is 17.9. The number of hydrogen-bond donors (Lipinski definition) is 0. The molecule has 2 nitrogen and oxygen atoms in total. The van der Waals surface area contributed by atoms with Crippen molar-refractivity contribution in [2.24, 2.45) is 0 Å². The quantitative estimate of drug-likeness (QED) is 0.178. The van der Waals surface area contributed by atoms with Crippen molar-refractivity contribution < 1.29 is 0 Å². The lowest BCUT2D eigenvalue weighted by Gasteiger charge is -2.10. The minimum absolute atomic E-state index is 1.17. The van der Waals surface area contributed by atoms with Crippen LogP contribution in [0.25, 0.3) is 98.8 Å². The van der Waals surface area contributed by atoms with Gasteiger partial charge in [0.25, 0.3) is 0 Å². The Kier molecular flexibility index (Phi) is 6.28. The van der Waals surface area contributed by atoms with Gasteiger partial charge in [-0.2, -0.15) is 0 Å². The second kappa shape index (κ2) is 11.3. The molecule has 0 radical (unpaired) electrons. The Morgan fingerprint density at radius 1 is 0.250 bits per heavy atom. The van der Waals surface area contributed by atoms with Crippen LogP contribution in [-0.2, 0) is 0 Å². The van der Waals surface area contributed by atoms with Crippen molar-refractivity contribution >= 4 is 65.2 Å². The number of para-hydroxylation sites is 2. The fraction of sp³-hybridized carbons (Fsp3) is 0. The predicted octanol–water partition coefficient (Wildman–Crippen LogP) is 13.5. The summed E-state index contributed by atoms with van der Waals surface area (Å²) in [6, 6.07) is 71.0. The van der Waals surface area contributed by atoms with E-state index in [2.05, 4.69) is 203 Å². The van der Waals surface area contributed by atoms with Crippen LogP contribution < -0.4 is 0 Å². The SMILES string of the molecule is c1ccc(-n2c3ccc(-c4cccc(-c5ccc6c(c5)c5c7ccccc7ccc5n6-c5ccccc5)c4)cc3c3c4ccccc4ccc32)cc1. The molecule has 0 saturated carbocycles. The molecule has 0 saturated heterocycles. The Morgan fingerprint density at radius 3 is 1.13 bits per heavy atom. The highest BCUT2D eigenvalue weighted by atomic mass is 15.0. The first kappa shape index (κ1) is 28.9. The third kappa shape index (κ3) is 4.31. The van der Waals surface area contributed by atoms with Crippen LogP contribution in [0.2, 0.25) is 0 Å². The smallest absolute Gasteiger partial charge is 0.0547 e. The molecule has 2 heteroatoms. The zero-order valence-corrected chi connectivity index (χ0v) is 28.4. The summed E-state index contributed by atoms with van der Waals surface area (Å²) in [7, 11) is 0. The van der Waals surface area contributed by atoms with Crippen molar-refractivity contribution in [3.8, 4) is 33.6 Å². The molecular weight excluding hydrogens is 629 g/mol. The maximum absolute atomic E-state index is 2.40. The summed E-state index contributed by atoms with van der Waals surface area (Å²) >= 11 is 0. The third-order valence-corrected chi connectivity index (χ3v) is 10.9. The molecule has 0 aliphatic heterocycles. The normalized spacial score (nSPS) is 11.8. The summed E-state index contributed by atoms with van der Waals surface area (Å²) in [5.74, 6) is 0. The first-order valence-electron chi connectivity index (χ1n) is 17.9. The molecule has 0 fully saturated rings. The third-order valence-electron chi connectivity index (χ3n) is 10.9. The van der Waals surface area contributed by atoms with Gasteiger partial charge in [-0.3, -0.25) is 0 Å². The second-order valence-electron chi connectivity index (χ2n) is 13.7. The molecular formula is C50H32N2. The van der Waals surface area contributed by atoms with Crippen molar-refractivity contribution in [2.45, 2.75) is 0 Å². The molecule has 0 unspecified atom stereocenters. The van der Waals surface area contributed by atoms with Gasteiger partial charge in [0.05, 0.1) is 22.1 Å². The lowest BCUT2D eigenvalue weighted by Crippen LogP contribution is -1.93. The molecule has 242 valence electrons. The van der Waals surface area contributed by atoms with Gasteiger partial charge in [0, 0.05) is 32.9 Å². The van der Waals surface area contributed by atoms with Crippen molar-refractivity contribution in [3.05, 3.63) is 194 Å². The largest absolute Gasteiger partial charge is 0.309 e. The Balaban J connectivity index is 1.11. The number of hydrogen-bond acceptors (Lipinski definition) is 0. The van der Waals surface area contributed by atoms with E-state index in [0.717, 1.165) is 0 Å². The standard InChI is InChI=1S/C50H32N2/c1-3-16-39(17-4-1)51-45-26-24-37(31-43(45)49-41-20-9-7-12-33(41)22-28-47(49)51)35-14-11-15-36(30-35)38-25-27-46-44(32-38)50-42-21-10-8-13-34(42)23-29-48(50)52(46)40-18-5-2-6-19-40/h1-32H. The molecule has 2 aromatic heterocycles. The lowest BCUT2D eigenvalue weighted by atomic mass is 9.96. The Morgan fingerprint density at radius 2 is 0.654 bits per heavy atom. The highest BCUT2D eigenvalue weighted by Gasteiger charge is 2.18. The van der Waals surface area contributed by atoms with E-state index in [1.165, 1.54) is 98.8 Å². The molecule has 0 spiro atoms. The summed E-state index contributed by atoms with van der Waals surface area (Å²) in [6.07, 6.45) is 0. The van der Waals surface area contributed by atoms with Crippen LogP contribution in [0.5, 0.6) is 0 Å². The van der Waals surface area contributed by atoms with Crippen molar-refractivity contribution in [3.63, 3.8) is 0 Å². The van der Waals surface area contributed by atoms with E-state index >= 15 is 0 Å². The monoisotopic (exact) mass is 660 g/mol. The van der Waals surface area contributed by atoms with E-state index in [9.17, 15) is 0 Å². The van der Waals surface area contributed by atoms with Crippen molar-refractivity contribution in [2.75, 3.05) is 0 Å². The van der Waals surface area contributed by atoms with Crippen LogP contribution in [0.4, 0.5) is 0 Å². The maximum atomic E-state index is 2.40. The molecule has 0 aliphatic rings. The van der Waals surface area contributed by atoms with Gasteiger partial charge in [-0.15, -0.1) is 0 Å². The molecule has 11 rings (SSSR count). The molecule has 0 amide bonds. The highest BCUT2D eigenvalue weighted by Crippen LogP contribution is 2.41. The average molecular weight is 661 g/mol. The van der Waals surface area contributed by atoms with Crippen LogP contribution in [0.3, 0.4) is 0 Å². The van der Waals surface area contributed by atoms with Gasteiger partial charge < -0.3 is 9.13 Å². The summed E-state index contributed by atoms with van der Waals surface area (Å²) in [6.45, 7) is 0. The van der Waals surface area contributed by atoms with E-state index < -0.39 is 0 Å². The van der Waals surface area contributed by atoms with E-state index in [4.69, 9.17) is 0 Å². The van der Waals surface area contributed by atoms with E-state index in [-0.39, 0.29) is 0 Å². The minimum Gasteiger partial charge on any atom is -0.309 e. The molecule has 0 bridgehead atoms.